The van der Waals surface area contributed by atoms with Gasteiger partial charge in [-0.3, -0.25) is 24.8 Å². The number of rotatable bonds is 6. The monoisotopic (exact) mass is 398 g/mol. The number of nitrogens with zero attached hydrogens (tertiary/aromatic N) is 4. The van der Waals surface area contributed by atoms with Gasteiger partial charge in [0.2, 0.25) is 0 Å². The van der Waals surface area contributed by atoms with Crippen LogP contribution < -0.4 is 4.90 Å². The number of hydrogen-bond donors (Lipinski definition) is 0. The lowest BCUT2D eigenvalue weighted by molar-refractivity contribution is -0.384. The van der Waals surface area contributed by atoms with Crippen molar-refractivity contribution in [1.29, 1.82) is 0 Å². The van der Waals surface area contributed by atoms with E-state index in [2.05, 4.69) is 14.7 Å². The summed E-state index contributed by atoms with van der Waals surface area (Å²) in [7, 11) is 1.18. The number of benzene rings is 1. The third-order valence-electron chi connectivity index (χ3n) is 5.03. The fraction of sp³-hybridized carbons (Fsp3) is 0.400. The SMILES string of the molecule is COC(=O)c1cc(C(=O)N(CC2CCCCC2)c2cnccn2)cc([N+](=O)[O-])c1. The predicted octanol–water partition coefficient (Wildman–Crippen LogP) is 3.40. The van der Waals surface area contributed by atoms with Crippen LogP contribution in [0.25, 0.3) is 0 Å². The third-order valence-corrected chi connectivity index (χ3v) is 5.03. The second kappa shape index (κ2) is 9.22. The number of amides is 1. The maximum absolute atomic E-state index is 13.3. The highest BCUT2D eigenvalue weighted by molar-refractivity contribution is 6.07. The number of esters is 1. The Kier molecular flexibility index (Phi) is 6.48. The molecule has 152 valence electrons. The van der Waals surface area contributed by atoms with Gasteiger partial charge in [0.1, 0.15) is 0 Å². The summed E-state index contributed by atoms with van der Waals surface area (Å²) < 4.78 is 4.66. The smallest absolute Gasteiger partial charge is 0.338 e. The molecule has 0 saturated heterocycles. The van der Waals surface area contributed by atoms with Gasteiger partial charge >= 0.3 is 5.97 Å². The standard InChI is InChI=1S/C20H22N4O5/c1-29-20(26)16-9-15(10-17(11-16)24(27)28)19(25)23(18-12-21-7-8-22-18)13-14-5-3-2-4-6-14/h7-12,14H,2-6,13H2,1H3. The van der Waals surface area contributed by atoms with Gasteiger partial charge in [-0.2, -0.15) is 0 Å². The van der Waals surface area contributed by atoms with Crippen molar-refractivity contribution in [3.63, 3.8) is 0 Å². The third kappa shape index (κ3) is 4.92. The van der Waals surface area contributed by atoms with Crippen molar-refractivity contribution in [2.45, 2.75) is 32.1 Å². The number of nitro groups is 1. The van der Waals surface area contributed by atoms with E-state index in [-0.39, 0.29) is 16.8 Å². The highest BCUT2D eigenvalue weighted by atomic mass is 16.6. The zero-order chi connectivity index (χ0) is 20.8. The first-order valence-corrected chi connectivity index (χ1v) is 9.45. The van der Waals surface area contributed by atoms with Crippen LogP contribution >= 0.6 is 0 Å². The van der Waals surface area contributed by atoms with Crippen LogP contribution in [0.4, 0.5) is 11.5 Å². The van der Waals surface area contributed by atoms with Crippen molar-refractivity contribution >= 4 is 23.4 Å². The molecule has 1 fully saturated rings. The molecule has 1 heterocycles. The number of non-ortho nitro benzene ring substituents is 1. The number of ether oxygens (including phenoxy) is 1. The number of hydrogen-bond acceptors (Lipinski definition) is 7. The normalized spacial score (nSPS) is 14.2. The molecule has 2 aromatic rings. The lowest BCUT2D eigenvalue weighted by atomic mass is 9.89. The molecule has 29 heavy (non-hydrogen) atoms. The Hall–Kier alpha value is -3.36. The van der Waals surface area contributed by atoms with Crippen LogP contribution in [0.15, 0.2) is 36.8 Å². The van der Waals surface area contributed by atoms with Gasteiger partial charge in [0.25, 0.3) is 11.6 Å². The highest BCUT2D eigenvalue weighted by Gasteiger charge is 2.27. The molecule has 0 N–H and O–H groups in total. The number of nitro benzene ring substituents is 1. The van der Waals surface area contributed by atoms with E-state index in [0.29, 0.717) is 18.3 Å². The number of methoxy groups -OCH3 is 1. The molecule has 0 aliphatic heterocycles. The molecule has 1 aromatic carbocycles. The Labute approximate surface area is 167 Å². The van der Waals surface area contributed by atoms with Crippen LogP contribution in [0.1, 0.15) is 52.8 Å². The summed E-state index contributed by atoms with van der Waals surface area (Å²) in [6.45, 7) is 0.438. The van der Waals surface area contributed by atoms with Gasteiger partial charge in [-0.25, -0.2) is 9.78 Å². The van der Waals surface area contributed by atoms with E-state index in [1.165, 1.54) is 49.2 Å². The van der Waals surface area contributed by atoms with E-state index in [4.69, 9.17) is 0 Å². The molecule has 1 aliphatic carbocycles. The molecular weight excluding hydrogens is 376 g/mol. The van der Waals surface area contributed by atoms with Gasteiger partial charge in [0, 0.05) is 36.6 Å². The van der Waals surface area contributed by atoms with Crippen LogP contribution in [-0.2, 0) is 4.74 Å². The first-order chi connectivity index (χ1) is 14.0. The first-order valence-electron chi connectivity index (χ1n) is 9.45. The molecular formula is C20H22N4O5. The summed E-state index contributed by atoms with van der Waals surface area (Å²) in [4.78, 5) is 45.7. The Morgan fingerprint density at radius 3 is 2.52 bits per heavy atom. The molecule has 9 nitrogen and oxygen atoms in total. The van der Waals surface area contributed by atoms with E-state index < -0.39 is 16.8 Å². The Morgan fingerprint density at radius 2 is 1.90 bits per heavy atom. The van der Waals surface area contributed by atoms with E-state index >= 15 is 0 Å². The quantitative estimate of drug-likeness (QED) is 0.416. The van der Waals surface area contributed by atoms with Crippen molar-refractivity contribution in [2.75, 3.05) is 18.6 Å². The number of aromatic nitrogens is 2. The zero-order valence-electron chi connectivity index (χ0n) is 16.1. The number of anilines is 1. The number of carbonyl (C=O) groups is 2. The predicted molar refractivity (Wildman–Crippen MR) is 105 cm³/mol. The van der Waals surface area contributed by atoms with E-state index in [1.807, 2.05) is 0 Å². The minimum Gasteiger partial charge on any atom is -0.465 e. The summed E-state index contributed by atoms with van der Waals surface area (Å²) in [5.74, 6) is -0.534. The maximum atomic E-state index is 13.3. The Balaban J connectivity index is 1.99. The van der Waals surface area contributed by atoms with Crippen LogP contribution in [0.5, 0.6) is 0 Å². The van der Waals surface area contributed by atoms with Gasteiger partial charge in [-0.1, -0.05) is 19.3 Å². The first kappa shape index (κ1) is 20.4. The van der Waals surface area contributed by atoms with Crippen molar-refractivity contribution in [1.82, 2.24) is 9.97 Å². The molecule has 0 unspecified atom stereocenters. The fourth-order valence-electron chi connectivity index (χ4n) is 3.57. The Morgan fingerprint density at radius 1 is 1.17 bits per heavy atom. The van der Waals surface area contributed by atoms with Crippen LogP contribution in [0.2, 0.25) is 0 Å². The van der Waals surface area contributed by atoms with Gasteiger partial charge < -0.3 is 4.74 Å². The van der Waals surface area contributed by atoms with E-state index in [1.54, 1.807) is 0 Å². The van der Waals surface area contributed by atoms with E-state index in [0.717, 1.165) is 31.7 Å². The van der Waals surface area contributed by atoms with E-state index in [9.17, 15) is 19.7 Å². The van der Waals surface area contributed by atoms with Gasteiger partial charge in [0.05, 0.1) is 23.8 Å². The average molecular weight is 398 g/mol. The Bertz CT molecular complexity index is 897. The van der Waals surface area contributed by atoms with Gasteiger partial charge in [-0.15, -0.1) is 0 Å². The minimum absolute atomic E-state index is 0.0288. The van der Waals surface area contributed by atoms with Crippen molar-refractivity contribution in [3.8, 4) is 0 Å². The molecule has 0 spiro atoms. The van der Waals surface area contributed by atoms with Crippen LogP contribution in [0, 0.1) is 16.0 Å². The maximum Gasteiger partial charge on any atom is 0.338 e. The lowest BCUT2D eigenvalue weighted by Gasteiger charge is -2.29. The molecule has 1 aromatic heterocycles. The zero-order valence-corrected chi connectivity index (χ0v) is 16.1. The number of carbonyl (C=O) groups excluding carboxylic acids is 2. The summed E-state index contributed by atoms with van der Waals surface area (Å²) in [6, 6.07) is 3.57. The minimum atomic E-state index is -0.749. The molecule has 1 saturated carbocycles. The van der Waals surface area contributed by atoms with Gasteiger partial charge in [-0.05, 0) is 24.8 Å². The lowest BCUT2D eigenvalue weighted by Crippen LogP contribution is -2.37. The summed E-state index contributed by atoms with van der Waals surface area (Å²) in [5, 5.41) is 11.3. The van der Waals surface area contributed by atoms with Crippen LogP contribution in [0.3, 0.4) is 0 Å². The molecule has 1 aliphatic rings. The molecule has 9 heteroatoms. The molecule has 3 rings (SSSR count). The van der Waals surface area contributed by atoms with Crippen molar-refractivity contribution in [3.05, 3.63) is 58.0 Å². The second-order valence-electron chi connectivity index (χ2n) is 7.00. The largest absolute Gasteiger partial charge is 0.465 e. The topological polar surface area (TPSA) is 116 Å². The van der Waals surface area contributed by atoms with Crippen molar-refractivity contribution in [2.24, 2.45) is 5.92 Å². The van der Waals surface area contributed by atoms with Gasteiger partial charge in [0.15, 0.2) is 5.82 Å². The summed E-state index contributed by atoms with van der Waals surface area (Å²) >= 11 is 0. The molecule has 1 amide bonds. The molecule has 0 bridgehead atoms. The highest BCUT2D eigenvalue weighted by Crippen LogP contribution is 2.27. The molecule has 0 atom stereocenters. The molecule has 0 radical (unpaired) electrons. The summed E-state index contributed by atoms with van der Waals surface area (Å²) in [6.07, 6.45) is 9.90. The fourth-order valence-corrected chi connectivity index (χ4v) is 3.57. The van der Waals surface area contributed by atoms with Crippen molar-refractivity contribution < 1.29 is 19.2 Å². The summed E-state index contributed by atoms with van der Waals surface area (Å²) in [5.41, 5.74) is -0.379. The average Bonchev–Trinajstić information content (AvgIpc) is 2.77. The van der Waals surface area contributed by atoms with Crippen LogP contribution in [-0.4, -0.2) is 40.4 Å². The second-order valence-corrected chi connectivity index (χ2v) is 7.00.